The zero-order valence-electron chi connectivity index (χ0n) is 10.6. The highest BCUT2D eigenvalue weighted by Gasteiger charge is 2.08. The van der Waals surface area contributed by atoms with E-state index in [1.807, 2.05) is 12.1 Å². The molecule has 0 radical (unpaired) electrons. The van der Waals surface area contributed by atoms with E-state index in [4.69, 9.17) is 10.5 Å². The molecule has 0 saturated carbocycles. The molecule has 90 valence electrons. The number of rotatable bonds is 6. The summed E-state index contributed by atoms with van der Waals surface area (Å²) in [6.07, 6.45) is 3.29. The van der Waals surface area contributed by atoms with E-state index >= 15 is 0 Å². The highest BCUT2D eigenvalue weighted by molar-refractivity contribution is 5.30. The minimum absolute atomic E-state index is 0.341. The molecular weight excluding hydrogens is 198 g/mol. The van der Waals surface area contributed by atoms with Crippen molar-refractivity contribution in [2.24, 2.45) is 5.73 Å². The molecule has 0 aliphatic heterocycles. The molecule has 16 heavy (non-hydrogen) atoms. The number of methoxy groups -OCH3 is 1. The average Bonchev–Trinajstić information content (AvgIpc) is 2.35. The second-order valence-corrected chi connectivity index (χ2v) is 4.42. The zero-order chi connectivity index (χ0) is 12.0. The molecule has 0 aromatic heterocycles. The first-order valence-corrected chi connectivity index (χ1v) is 6.06. The van der Waals surface area contributed by atoms with Crippen LogP contribution < -0.4 is 10.5 Å². The lowest BCUT2D eigenvalue weighted by atomic mass is 9.94. The molecule has 0 heterocycles. The maximum atomic E-state index is 5.93. The van der Waals surface area contributed by atoms with Gasteiger partial charge in [0.25, 0.3) is 0 Å². The largest absolute Gasteiger partial charge is 0.497 e. The van der Waals surface area contributed by atoms with Gasteiger partial charge < -0.3 is 10.5 Å². The third-order valence-corrected chi connectivity index (χ3v) is 3.16. The van der Waals surface area contributed by atoms with Gasteiger partial charge in [-0.05, 0) is 42.9 Å². The molecule has 0 aliphatic rings. The fourth-order valence-electron chi connectivity index (χ4n) is 1.78. The summed E-state index contributed by atoms with van der Waals surface area (Å²) in [5.41, 5.74) is 7.27. The Hall–Kier alpha value is -1.02. The van der Waals surface area contributed by atoms with E-state index in [2.05, 4.69) is 26.0 Å². The maximum Gasteiger partial charge on any atom is 0.119 e. The maximum absolute atomic E-state index is 5.93. The quantitative estimate of drug-likeness (QED) is 0.799. The second-order valence-electron chi connectivity index (χ2n) is 4.42. The molecule has 0 saturated heterocycles. The fraction of sp³-hybridized carbons (Fsp3) is 0.571. The zero-order valence-corrected chi connectivity index (χ0v) is 10.6. The van der Waals surface area contributed by atoms with Crippen molar-refractivity contribution in [1.82, 2.24) is 0 Å². The van der Waals surface area contributed by atoms with E-state index in [0.717, 1.165) is 25.0 Å². The molecule has 1 rings (SSSR count). The van der Waals surface area contributed by atoms with Gasteiger partial charge in [-0.15, -0.1) is 0 Å². The predicted molar refractivity (Wildman–Crippen MR) is 68.9 cm³/mol. The third-order valence-electron chi connectivity index (χ3n) is 3.16. The second kappa shape index (κ2) is 6.54. The van der Waals surface area contributed by atoms with E-state index < -0.39 is 0 Å². The Morgan fingerprint density at radius 3 is 2.69 bits per heavy atom. The predicted octanol–water partition coefficient (Wildman–Crippen LogP) is 3.32. The molecule has 1 aromatic rings. The van der Waals surface area contributed by atoms with Gasteiger partial charge in [0.05, 0.1) is 7.11 Å². The lowest BCUT2D eigenvalue weighted by molar-refractivity contribution is 0.413. The Kier molecular flexibility index (Phi) is 5.33. The van der Waals surface area contributed by atoms with Crippen molar-refractivity contribution in [3.05, 3.63) is 29.8 Å². The van der Waals surface area contributed by atoms with Crippen LogP contribution in [0.1, 0.15) is 44.6 Å². The standard InChI is InChI=1S/C14H23NO/c1-4-13(15)9-8-11(2)12-6-5-7-14(10-12)16-3/h5-7,10-11,13H,4,8-9,15H2,1-3H3. The topological polar surface area (TPSA) is 35.2 Å². The molecular formula is C14H23NO. The summed E-state index contributed by atoms with van der Waals surface area (Å²) in [7, 11) is 1.71. The van der Waals surface area contributed by atoms with E-state index in [-0.39, 0.29) is 0 Å². The fourth-order valence-corrected chi connectivity index (χ4v) is 1.78. The molecule has 2 atom stereocenters. The van der Waals surface area contributed by atoms with E-state index in [0.29, 0.717) is 12.0 Å². The molecule has 2 heteroatoms. The Labute approximate surface area is 98.8 Å². The summed E-state index contributed by atoms with van der Waals surface area (Å²) in [6, 6.07) is 8.64. The van der Waals surface area contributed by atoms with E-state index in [1.165, 1.54) is 5.56 Å². The van der Waals surface area contributed by atoms with Crippen molar-refractivity contribution >= 4 is 0 Å². The minimum atomic E-state index is 0.341. The molecule has 0 fully saturated rings. The molecule has 0 amide bonds. The Morgan fingerprint density at radius 1 is 1.31 bits per heavy atom. The van der Waals surface area contributed by atoms with Gasteiger partial charge in [-0.2, -0.15) is 0 Å². The van der Waals surface area contributed by atoms with E-state index in [9.17, 15) is 0 Å². The van der Waals surface area contributed by atoms with Crippen LogP contribution in [0.4, 0.5) is 0 Å². The minimum Gasteiger partial charge on any atom is -0.497 e. The van der Waals surface area contributed by atoms with Crippen molar-refractivity contribution in [2.45, 2.75) is 45.1 Å². The average molecular weight is 221 g/mol. The summed E-state index contributed by atoms with van der Waals surface area (Å²) in [5.74, 6) is 1.48. The summed E-state index contributed by atoms with van der Waals surface area (Å²) >= 11 is 0. The van der Waals surface area contributed by atoms with Gasteiger partial charge in [0.2, 0.25) is 0 Å². The monoisotopic (exact) mass is 221 g/mol. The molecule has 2 N–H and O–H groups in total. The first kappa shape index (κ1) is 13.0. The normalized spacial score (nSPS) is 14.5. The van der Waals surface area contributed by atoms with Crippen molar-refractivity contribution in [3.8, 4) is 5.75 Å². The van der Waals surface area contributed by atoms with Gasteiger partial charge in [0.1, 0.15) is 5.75 Å². The summed E-state index contributed by atoms with van der Waals surface area (Å²) in [4.78, 5) is 0. The van der Waals surface area contributed by atoms with Crippen LogP contribution in [0.2, 0.25) is 0 Å². The molecule has 2 unspecified atom stereocenters. The van der Waals surface area contributed by atoms with E-state index in [1.54, 1.807) is 7.11 Å². The van der Waals surface area contributed by atoms with Crippen molar-refractivity contribution < 1.29 is 4.74 Å². The van der Waals surface area contributed by atoms with Crippen LogP contribution in [0.5, 0.6) is 5.75 Å². The number of hydrogen-bond acceptors (Lipinski definition) is 2. The summed E-state index contributed by atoms with van der Waals surface area (Å²) < 4.78 is 5.23. The highest BCUT2D eigenvalue weighted by Crippen LogP contribution is 2.24. The number of ether oxygens (including phenoxy) is 1. The van der Waals surface area contributed by atoms with Crippen LogP contribution in [0.3, 0.4) is 0 Å². The summed E-state index contributed by atoms with van der Waals surface area (Å²) in [6.45, 7) is 4.39. The third kappa shape index (κ3) is 3.86. The van der Waals surface area contributed by atoms with Crippen LogP contribution in [0.15, 0.2) is 24.3 Å². The lowest BCUT2D eigenvalue weighted by Gasteiger charge is -2.15. The number of benzene rings is 1. The Balaban J connectivity index is 2.54. The van der Waals surface area contributed by atoms with Gasteiger partial charge in [-0.25, -0.2) is 0 Å². The smallest absolute Gasteiger partial charge is 0.119 e. The first-order chi connectivity index (χ1) is 7.67. The number of hydrogen-bond donors (Lipinski definition) is 1. The Bertz CT molecular complexity index is 311. The van der Waals surface area contributed by atoms with Gasteiger partial charge in [0, 0.05) is 6.04 Å². The Morgan fingerprint density at radius 2 is 2.06 bits per heavy atom. The van der Waals surface area contributed by atoms with Gasteiger partial charge in [-0.1, -0.05) is 26.0 Å². The molecule has 1 aromatic carbocycles. The van der Waals surface area contributed by atoms with Crippen LogP contribution in [0.25, 0.3) is 0 Å². The lowest BCUT2D eigenvalue weighted by Crippen LogP contribution is -2.18. The summed E-state index contributed by atoms with van der Waals surface area (Å²) in [5, 5.41) is 0. The molecule has 0 bridgehead atoms. The molecule has 2 nitrogen and oxygen atoms in total. The van der Waals surface area contributed by atoms with Crippen LogP contribution >= 0.6 is 0 Å². The molecule has 0 spiro atoms. The van der Waals surface area contributed by atoms with Crippen LogP contribution in [0, 0.1) is 0 Å². The first-order valence-electron chi connectivity index (χ1n) is 6.06. The van der Waals surface area contributed by atoms with Gasteiger partial charge in [0.15, 0.2) is 0 Å². The highest BCUT2D eigenvalue weighted by atomic mass is 16.5. The molecule has 0 aliphatic carbocycles. The van der Waals surface area contributed by atoms with Crippen LogP contribution in [-0.4, -0.2) is 13.2 Å². The van der Waals surface area contributed by atoms with Crippen molar-refractivity contribution in [3.63, 3.8) is 0 Å². The van der Waals surface area contributed by atoms with Crippen molar-refractivity contribution in [1.29, 1.82) is 0 Å². The number of nitrogens with two attached hydrogens (primary N) is 1. The SMILES string of the molecule is CCC(N)CCC(C)c1cccc(OC)c1. The van der Waals surface area contributed by atoms with Crippen LogP contribution in [-0.2, 0) is 0 Å². The van der Waals surface area contributed by atoms with Crippen molar-refractivity contribution in [2.75, 3.05) is 7.11 Å². The van der Waals surface area contributed by atoms with Gasteiger partial charge >= 0.3 is 0 Å². The van der Waals surface area contributed by atoms with Gasteiger partial charge in [-0.3, -0.25) is 0 Å².